The van der Waals surface area contributed by atoms with Gasteiger partial charge in [-0.25, -0.2) is 0 Å². The van der Waals surface area contributed by atoms with Gasteiger partial charge in [-0.05, 0) is 38.2 Å². The SMILES string of the molecule is CCc1nnc(C)cc1C(=O)N1CCCC(C)C1CN. The average Bonchev–Trinajstić information content (AvgIpc) is 2.46. The minimum absolute atomic E-state index is 0.0573. The Bertz CT molecular complexity index is 489. The Morgan fingerprint density at radius 1 is 1.50 bits per heavy atom. The Hall–Kier alpha value is -1.49. The van der Waals surface area contributed by atoms with Crippen molar-refractivity contribution in [2.24, 2.45) is 11.7 Å². The van der Waals surface area contributed by atoms with E-state index in [4.69, 9.17) is 5.73 Å². The van der Waals surface area contributed by atoms with Crippen LogP contribution in [0, 0.1) is 12.8 Å². The third-order valence-corrected chi connectivity index (χ3v) is 4.18. The highest BCUT2D eigenvalue weighted by Gasteiger charge is 2.32. The van der Waals surface area contributed by atoms with E-state index in [1.165, 1.54) is 0 Å². The topological polar surface area (TPSA) is 72.1 Å². The van der Waals surface area contributed by atoms with Crippen LogP contribution in [0.3, 0.4) is 0 Å². The first-order valence-electron chi connectivity index (χ1n) is 7.42. The second kappa shape index (κ2) is 6.31. The number of carbonyl (C=O) groups is 1. The summed E-state index contributed by atoms with van der Waals surface area (Å²) in [5, 5.41) is 8.20. The van der Waals surface area contributed by atoms with Gasteiger partial charge in [0, 0.05) is 19.1 Å². The first-order valence-corrected chi connectivity index (χ1v) is 7.42. The van der Waals surface area contributed by atoms with Crippen LogP contribution in [0.25, 0.3) is 0 Å². The molecule has 20 heavy (non-hydrogen) atoms. The molecule has 2 atom stereocenters. The molecule has 0 bridgehead atoms. The van der Waals surface area contributed by atoms with Gasteiger partial charge in [-0.3, -0.25) is 4.79 Å². The number of hydrogen-bond acceptors (Lipinski definition) is 4. The molecule has 1 fully saturated rings. The van der Waals surface area contributed by atoms with Crippen LogP contribution in [0.1, 0.15) is 48.4 Å². The molecule has 5 heteroatoms. The van der Waals surface area contributed by atoms with E-state index in [2.05, 4.69) is 17.1 Å². The van der Waals surface area contributed by atoms with Crippen molar-refractivity contribution in [3.8, 4) is 0 Å². The highest BCUT2D eigenvalue weighted by molar-refractivity contribution is 5.95. The summed E-state index contributed by atoms with van der Waals surface area (Å²) in [6.07, 6.45) is 2.90. The number of nitrogens with zero attached hydrogens (tertiary/aromatic N) is 3. The van der Waals surface area contributed by atoms with Crippen molar-refractivity contribution < 1.29 is 4.79 Å². The molecule has 2 heterocycles. The van der Waals surface area contributed by atoms with Crippen LogP contribution in [0.15, 0.2) is 6.07 Å². The van der Waals surface area contributed by atoms with E-state index < -0.39 is 0 Å². The number of piperidine rings is 1. The van der Waals surface area contributed by atoms with Gasteiger partial charge in [-0.1, -0.05) is 13.8 Å². The highest BCUT2D eigenvalue weighted by Crippen LogP contribution is 2.25. The number of nitrogens with two attached hydrogens (primary N) is 1. The Kier molecular flexibility index (Phi) is 4.70. The number of rotatable bonds is 3. The van der Waals surface area contributed by atoms with Gasteiger partial charge in [-0.2, -0.15) is 10.2 Å². The quantitative estimate of drug-likeness (QED) is 0.909. The molecule has 1 aliphatic rings. The fraction of sp³-hybridized carbons (Fsp3) is 0.667. The lowest BCUT2D eigenvalue weighted by Gasteiger charge is -2.39. The third kappa shape index (κ3) is 2.82. The summed E-state index contributed by atoms with van der Waals surface area (Å²) in [5.41, 5.74) is 8.12. The van der Waals surface area contributed by atoms with Crippen LogP contribution < -0.4 is 5.73 Å². The lowest BCUT2D eigenvalue weighted by atomic mass is 9.90. The lowest BCUT2D eigenvalue weighted by molar-refractivity contribution is 0.0530. The van der Waals surface area contributed by atoms with E-state index in [0.717, 1.165) is 30.8 Å². The van der Waals surface area contributed by atoms with Crippen molar-refractivity contribution in [3.05, 3.63) is 23.0 Å². The van der Waals surface area contributed by atoms with Crippen LogP contribution in [-0.2, 0) is 6.42 Å². The van der Waals surface area contributed by atoms with Gasteiger partial charge in [0.15, 0.2) is 0 Å². The fourth-order valence-electron chi connectivity index (χ4n) is 2.98. The number of hydrogen-bond donors (Lipinski definition) is 1. The molecule has 1 aromatic rings. The second-order valence-corrected chi connectivity index (χ2v) is 5.62. The molecule has 1 saturated heterocycles. The van der Waals surface area contributed by atoms with Crippen LogP contribution in [-0.4, -0.2) is 40.1 Å². The van der Waals surface area contributed by atoms with Crippen LogP contribution in [0.5, 0.6) is 0 Å². The molecule has 0 spiro atoms. The van der Waals surface area contributed by atoms with Gasteiger partial charge in [-0.15, -0.1) is 0 Å². The smallest absolute Gasteiger partial charge is 0.256 e. The van der Waals surface area contributed by atoms with E-state index >= 15 is 0 Å². The molecule has 0 radical (unpaired) electrons. The van der Waals surface area contributed by atoms with Crippen molar-refractivity contribution in [2.45, 2.75) is 46.1 Å². The molecule has 2 unspecified atom stereocenters. The molecular formula is C15H24N4O. The molecule has 2 rings (SSSR count). The summed E-state index contributed by atoms with van der Waals surface area (Å²) in [6, 6.07) is 1.98. The molecule has 2 N–H and O–H groups in total. The zero-order valence-electron chi connectivity index (χ0n) is 12.6. The standard InChI is InChI=1S/C15H24N4O/c1-4-13-12(8-11(3)17-18-13)15(20)19-7-5-6-10(2)14(19)9-16/h8,10,14H,4-7,9,16H2,1-3H3. The summed E-state index contributed by atoms with van der Waals surface area (Å²) in [5.74, 6) is 0.514. The summed E-state index contributed by atoms with van der Waals surface area (Å²) in [7, 11) is 0. The zero-order valence-corrected chi connectivity index (χ0v) is 12.6. The normalized spacial score (nSPS) is 22.9. The van der Waals surface area contributed by atoms with Gasteiger partial charge in [0.2, 0.25) is 0 Å². The predicted octanol–water partition coefficient (Wildman–Crippen LogP) is 1.55. The maximum Gasteiger partial charge on any atom is 0.256 e. The number of carbonyl (C=O) groups excluding carboxylic acids is 1. The summed E-state index contributed by atoms with van der Waals surface area (Å²) < 4.78 is 0. The van der Waals surface area contributed by atoms with Crippen LogP contribution in [0.2, 0.25) is 0 Å². The van der Waals surface area contributed by atoms with Gasteiger partial charge >= 0.3 is 0 Å². The maximum absolute atomic E-state index is 12.8. The third-order valence-electron chi connectivity index (χ3n) is 4.18. The van der Waals surface area contributed by atoms with Gasteiger partial charge in [0.1, 0.15) is 0 Å². The van der Waals surface area contributed by atoms with Gasteiger partial charge in [0.05, 0.1) is 17.0 Å². The maximum atomic E-state index is 12.8. The Morgan fingerprint density at radius 2 is 2.25 bits per heavy atom. The number of likely N-dealkylation sites (tertiary alicyclic amines) is 1. The lowest BCUT2D eigenvalue weighted by Crippen LogP contribution is -2.51. The van der Waals surface area contributed by atoms with Crippen molar-refractivity contribution in [1.29, 1.82) is 0 Å². The summed E-state index contributed by atoms with van der Waals surface area (Å²) in [6.45, 7) is 7.34. The first kappa shape index (κ1) is 14.9. The van der Waals surface area contributed by atoms with Crippen LogP contribution >= 0.6 is 0 Å². The van der Waals surface area contributed by atoms with Gasteiger partial charge in [0.25, 0.3) is 5.91 Å². The van der Waals surface area contributed by atoms with E-state index in [9.17, 15) is 4.79 Å². The Morgan fingerprint density at radius 3 is 2.90 bits per heavy atom. The zero-order chi connectivity index (χ0) is 14.7. The largest absolute Gasteiger partial charge is 0.334 e. The molecular weight excluding hydrogens is 252 g/mol. The van der Waals surface area contributed by atoms with Crippen molar-refractivity contribution in [1.82, 2.24) is 15.1 Å². The molecule has 1 aromatic heterocycles. The van der Waals surface area contributed by atoms with E-state index in [1.807, 2.05) is 24.8 Å². The molecule has 110 valence electrons. The number of aryl methyl sites for hydroxylation is 2. The monoisotopic (exact) mass is 276 g/mol. The molecule has 1 amide bonds. The number of amides is 1. The van der Waals surface area contributed by atoms with Crippen molar-refractivity contribution >= 4 is 5.91 Å². The Balaban J connectivity index is 2.32. The predicted molar refractivity (Wildman–Crippen MR) is 78.4 cm³/mol. The highest BCUT2D eigenvalue weighted by atomic mass is 16.2. The minimum Gasteiger partial charge on any atom is -0.334 e. The molecule has 0 aromatic carbocycles. The molecule has 5 nitrogen and oxygen atoms in total. The van der Waals surface area contributed by atoms with Gasteiger partial charge < -0.3 is 10.6 Å². The van der Waals surface area contributed by atoms with E-state index in [1.54, 1.807) is 0 Å². The van der Waals surface area contributed by atoms with E-state index in [-0.39, 0.29) is 11.9 Å². The minimum atomic E-state index is 0.0573. The molecule has 1 aliphatic heterocycles. The molecule has 0 saturated carbocycles. The average molecular weight is 276 g/mol. The van der Waals surface area contributed by atoms with Crippen molar-refractivity contribution in [3.63, 3.8) is 0 Å². The molecule has 0 aliphatic carbocycles. The second-order valence-electron chi connectivity index (χ2n) is 5.62. The van der Waals surface area contributed by atoms with E-state index in [0.29, 0.717) is 24.4 Å². The van der Waals surface area contributed by atoms with Crippen LogP contribution in [0.4, 0.5) is 0 Å². The Labute approximate surface area is 120 Å². The summed E-state index contributed by atoms with van der Waals surface area (Å²) >= 11 is 0. The fourth-order valence-corrected chi connectivity index (χ4v) is 2.98. The number of aromatic nitrogens is 2. The first-order chi connectivity index (χ1) is 9.58. The van der Waals surface area contributed by atoms with Crippen molar-refractivity contribution in [2.75, 3.05) is 13.1 Å². The summed E-state index contributed by atoms with van der Waals surface area (Å²) in [4.78, 5) is 14.8.